The molecule has 0 aliphatic carbocycles. The van der Waals surface area contributed by atoms with Crippen LogP contribution in [0.25, 0.3) is 0 Å². The zero-order valence-corrected chi connectivity index (χ0v) is 19.4. The van der Waals surface area contributed by atoms with E-state index in [-0.39, 0.29) is 11.9 Å². The van der Waals surface area contributed by atoms with Crippen LogP contribution >= 0.6 is 0 Å². The summed E-state index contributed by atoms with van der Waals surface area (Å²) in [6.07, 6.45) is -1.60. The lowest BCUT2D eigenvalue weighted by Gasteiger charge is -2.46. The van der Waals surface area contributed by atoms with E-state index >= 15 is 0 Å². The highest BCUT2D eigenvalue weighted by molar-refractivity contribution is 5.97. The highest BCUT2D eigenvalue weighted by atomic mass is 19.4. The first kappa shape index (κ1) is 23.5. The maximum Gasteiger partial charge on any atom is 0.417 e. The molecule has 0 radical (unpaired) electrons. The number of carbonyl (C=O) groups is 1. The molecular formula is C25H31F3N4O. The Labute approximate surface area is 193 Å². The SMILES string of the molecule is Cc1cccc(C)c1C(=O)N1CCC(N2CCN(c3ccc(C(F)(F)F)cn3)CC2C)CC1. The van der Waals surface area contributed by atoms with Crippen LogP contribution in [0.2, 0.25) is 0 Å². The van der Waals surface area contributed by atoms with Crippen molar-refractivity contribution >= 4 is 11.7 Å². The number of likely N-dealkylation sites (tertiary alicyclic amines) is 1. The third-order valence-electron chi connectivity index (χ3n) is 6.99. The molecule has 0 saturated carbocycles. The predicted molar refractivity (Wildman–Crippen MR) is 122 cm³/mol. The van der Waals surface area contributed by atoms with E-state index < -0.39 is 11.7 Å². The summed E-state index contributed by atoms with van der Waals surface area (Å²) in [4.78, 5) is 23.7. The molecule has 33 heavy (non-hydrogen) atoms. The Morgan fingerprint density at radius 1 is 1.00 bits per heavy atom. The van der Waals surface area contributed by atoms with Crippen LogP contribution in [0.4, 0.5) is 19.0 Å². The van der Waals surface area contributed by atoms with Crippen LogP contribution in [0.15, 0.2) is 36.5 Å². The van der Waals surface area contributed by atoms with E-state index in [1.54, 1.807) is 0 Å². The van der Waals surface area contributed by atoms with Gasteiger partial charge >= 0.3 is 6.18 Å². The Kier molecular flexibility index (Phi) is 6.66. The highest BCUT2D eigenvalue weighted by Crippen LogP contribution is 2.30. The number of pyridine rings is 1. The average molecular weight is 461 g/mol. The molecule has 2 fully saturated rings. The van der Waals surface area contributed by atoms with Crippen molar-refractivity contribution in [3.63, 3.8) is 0 Å². The molecule has 1 unspecified atom stereocenters. The summed E-state index contributed by atoms with van der Waals surface area (Å²) in [5, 5.41) is 0. The molecule has 0 spiro atoms. The molecule has 2 saturated heterocycles. The fourth-order valence-corrected chi connectivity index (χ4v) is 5.17. The maximum atomic E-state index is 13.1. The number of alkyl halides is 3. The molecule has 1 aromatic heterocycles. The number of benzene rings is 1. The van der Waals surface area contributed by atoms with Gasteiger partial charge in [0.15, 0.2) is 0 Å². The van der Waals surface area contributed by atoms with Crippen molar-refractivity contribution in [3.05, 3.63) is 58.8 Å². The molecule has 4 rings (SSSR count). The number of nitrogens with zero attached hydrogens (tertiary/aromatic N) is 4. The van der Waals surface area contributed by atoms with Crippen molar-refractivity contribution in [2.45, 2.75) is 51.9 Å². The normalized spacial score (nSPS) is 20.8. The highest BCUT2D eigenvalue weighted by Gasteiger charge is 2.34. The molecule has 0 N–H and O–H groups in total. The van der Waals surface area contributed by atoms with Gasteiger partial charge in [-0.1, -0.05) is 18.2 Å². The molecule has 8 heteroatoms. The predicted octanol–water partition coefficient (Wildman–Crippen LogP) is 4.53. The van der Waals surface area contributed by atoms with Crippen LogP contribution in [-0.4, -0.2) is 65.5 Å². The van der Waals surface area contributed by atoms with Gasteiger partial charge < -0.3 is 9.80 Å². The molecule has 1 atom stereocenters. The standard InChI is InChI=1S/C25H31F3N4O/c1-17-5-4-6-18(2)23(17)24(33)30-11-9-21(10-12-30)32-14-13-31(16-19(32)3)22-8-7-20(15-29-22)25(26,27)28/h4-8,15,19,21H,9-14,16H2,1-3H3. The second-order valence-corrected chi connectivity index (χ2v) is 9.23. The van der Waals surface area contributed by atoms with Gasteiger partial charge in [0.25, 0.3) is 5.91 Å². The Morgan fingerprint density at radius 2 is 1.67 bits per heavy atom. The molecule has 1 amide bonds. The number of hydrogen-bond acceptors (Lipinski definition) is 4. The zero-order valence-electron chi connectivity index (χ0n) is 19.4. The minimum absolute atomic E-state index is 0.121. The largest absolute Gasteiger partial charge is 0.417 e. The lowest BCUT2D eigenvalue weighted by Crippen LogP contribution is -2.58. The number of anilines is 1. The summed E-state index contributed by atoms with van der Waals surface area (Å²) < 4.78 is 38.4. The number of aryl methyl sites for hydroxylation is 2. The molecular weight excluding hydrogens is 429 g/mol. The van der Waals surface area contributed by atoms with Crippen molar-refractivity contribution in [1.29, 1.82) is 0 Å². The number of hydrogen-bond donors (Lipinski definition) is 0. The molecule has 2 aromatic rings. The van der Waals surface area contributed by atoms with Gasteiger partial charge in [-0.3, -0.25) is 9.69 Å². The van der Waals surface area contributed by atoms with Crippen molar-refractivity contribution in [3.8, 4) is 0 Å². The third kappa shape index (κ3) is 5.00. The summed E-state index contributed by atoms with van der Waals surface area (Å²) in [6.45, 7) is 9.89. The number of piperazine rings is 1. The molecule has 1 aromatic carbocycles. The van der Waals surface area contributed by atoms with Gasteiger partial charge in [0, 0.05) is 56.6 Å². The van der Waals surface area contributed by atoms with Gasteiger partial charge in [0.05, 0.1) is 5.56 Å². The second-order valence-electron chi connectivity index (χ2n) is 9.23. The number of halogens is 3. The summed E-state index contributed by atoms with van der Waals surface area (Å²) in [5.74, 6) is 0.707. The summed E-state index contributed by atoms with van der Waals surface area (Å²) in [6, 6.07) is 9.18. The van der Waals surface area contributed by atoms with Crippen LogP contribution < -0.4 is 4.90 Å². The Hall–Kier alpha value is -2.61. The minimum atomic E-state index is -4.37. The van der Waals surface area contributed by atoms with Gasteiger partial charge in [-0.25, -0.2) is 4.98 Å². The summed E-state index contributed by atoms with van der Waals surface area (Å²) in [5.41, 5.74) is 2.13. The molecule has 2 aliphatic rings. The lowest BCUT2D eigenvalue weighted by atomic mass is 9.97. The second kappa shape index (κ2) is 9.33. The first-order chi connectivity index (χ1) is 15.6. The Balaban J connectivity index is 1.33. The third-order valence-corrected chi connectivity index (χ3v) is 6.99. The van der Waals surface area contributed by atoms with E-state index in [1.807, 2.05) is 36.9 Å². The van der Waals surface area contributed by atoms with E-state index in [4.69, 9.17) is 0 Å². The van der Waals surface area contributed by atoms with Crippen molar-refractivity contribution in [1.82, 2.24) is 14.8 Å². The Bertz CT molecular complexity index is 964. The van der Waals surface area contributed by atoms with E-state index in [9.17, 15) is 18.0 Å². The fourth-order valence-electron chi connectivity index (χ4n) is 5.17. The van der Waals surface area contributed by atoms with E-state index in [2.05, 4.69) is 21.7 Å². The fraction of sp³-hybridized carbons (Fsp3) is 0.520. The van der Waals surface area contributed by atoms with Crippen molar-refractivity contribution < 1.29 is 18.0 Å². The maximum absolute atomic E-state index is 13.1. The molecule has 2 aliphatic heterocycles. The van der Waals surface area contributed by atoms with Gasteiger partial charge in [-0.05, 0) is 56.9 Å². The summed E-state index contributed by atoms with van der Waals surface area (Å²) >= 11 is 0. The van der Waals surface area contributed by atoms with Crippen molar-refractivity contribution in [2.24, 2.45) is 0 Å². The van der Waals surface area contributed by atoms with Crippen LogP contribution in [-0.2, 0) is 6.18 Å². The van der Waals surface area contributed by atoms with E-state index in [1.165, 1.54) is 6.07 Å². The molecule has 178 valence electrons. The van der Waals surface area contributed by atoms with Gasteiger partial charge in [-0.2, -0.15) is 13.2 Å². The topological polar surface area (TPSA) is 39.7 Å². The van der Waals surface area contributed by atoms with Crippen LogP contribution in [0.5, 0.6) is 0 Å². The van der Waals surface area contributed by atoms with E-state index in [0.29, 0.717) is 11.9 Å². The lowest BCUT2D eigenvalue weighted by molar-refractivity contribution is -0.137. The molecule has 5 nitrogen and oxygen atoms in total. The number of carbonyl (C=O) groups excluding carboxylic acids is 1. The summed E-state index contributed by atoms with van der Waals surface area (Å²) in [7, 11) is 0. The molecule has 0 bridgehead atoms. The number of amides is 1. The van der Waals surface area contributed by atoms with Crippen LogP contribution in [0.1, 0.15) is 46.8 Å². The number of piperidine rings is 1. The van der Waals surface area contributed by atoms with Crippen LogP contribution in [0.3, 0.4) is 0 Å². The first-order valence-electron chi connectivity index (χ1n) is 11.5. The Morgan fingerprint density at radius 3 is 2.21 bits per heavy atom. The van der Waals surface area contributed by atoms with E-state index in [0.717, 1.165) is 74.5 Å². The van der Waals surface area contributed by atoms with Gasteiger partial charge in [0.1, 0.15) is 5.82 Å². The number of aromatic nitrogens is 1. The quantitative estimate of drug-likeness (QED) is 0.675. The average Bonchev–Trinajstić information content (AvgIpc) is 2.78. The first-order valence-corrected chi connectivity index (χ1v) is 11.5. The van der Waals surface area contributed by atoms with Crippen LogP contribution in [0, 0.1) is 13.8 Å². The smallest absolute Gasteiger partial charge is 0.354 e. The van der Waals surface area contributed by atoms with Gasteiger partial charge in [-0.15, -0.1) is 0 Å². The monoisotopic (exact) mass is 460 g/mol. The minimum Gasteiger partial charge on any atom is -0.354 e. The van der Waals surface area contributed by atoms with Gasteiger partial charge in [0.2, 0.25) is 0 Å². The number of rotatable bonds is 3. The van der Waals surface area contributed by atoms with Crippen molar-refractivity contribution in [2.75, 3.05) is 37.6 Å². The molecule has 3 heterocycles. The zero-order chi connectivity index (χ0) is 23.8.